The summed E-state index contributed by atoms with van der Waals surface area (Å²) in [5, 5.41) is 11.5. The SMILES string of the molecule is CCC(Sc1cc(C)c(-c2ccc(C(F)(F)F)cc2)c(C)c1)c1ccc(C(=O)NCCC(=O)O)s1. The van der Waals surface area contributed by atoms with E-state index in [0.717, 1.165) is 50.6 Å². The summed E-state index contributed by atoms with van der Waals surface area (Å²) in [7, 11) is 0. The number of benzene rings is 2. The summed E-state index contributed by atoms with van der Waals surface area (Å²) in [6, 6.07) is 13.0. The van der Waals surface area contributed by atoms with Crippen molar-refractivity contribution in [3.8, 4) is 11.1 Å². The number of nitrogens with one attached hydrogen (secondary N) is 1. The Kier molecular flexibility index (Phi) is 8.66. The van der Waals surface area contributed by atoms with Crippen molar-refractivity contribution in [1.82, 2.24) is 5.32 Å². The van der Waals surface area contributed by atoms with Crippen LogP contribution >= 0.6 is 23.1 Å². The van der Waals surface area contributed by atoms with E-state index < -0.39 is 17.7 Å². The van der Waals surface area contributed by atoms with Crippen LogP contribution in [0.5, 0.6) is 0 Å². The van der Waals surface area contributed by atoms with Gasteiger partial charge in [0.15, 0.2) is 0 Å². The molecule has 0 bridgehead atoms. The number of carbonyl (C=O) groups is 2. The van der Waals surface area contributed by atoms with Gasteiger partial charge >= 0.3 is 12.1 Å². The van der Waals surface area contributed by atoms with Gasteiger partial charge in [-0.05, 0) is 78.9 Å². The minimum atomic E-state index is -4.36. The Balaban J connectivity index is 1.76. The number of rotatable bonds is 9. The largest absolute Gasteiger partial charge is 0.481 e. The molecule has 3 rings (SSSR count). The number of aliphatic carboxylic acids is 1. The molecule has 1 heterocycles. The van der Waals surface area contributed by atoms with Crippen LogP contribution in [0.2, 0.25) is 0 Å². The van der Waals surface area contributed by atoms with E-state index in [-0.39, 0.29) is 24.1 Å². The standard InChI is InChI=1S/C26H26F3NO3S2/c1-4-20(21-9-10-22(35-21)25(33)30-12-11-23(31)32)34-19-13-15(2)24(16(3)14-19)17-5-7-18(8-6-17)26(27,28)29/h5-10,13-14,20H,4,11-12H2,1-3H3,(H,30,33)(H,31,32). The van der Waals surface area contributed by atoms with Crippen molar-refractivity contribution in [1.29, 1.82) is 0 Å². The molecule has 1 amide bonds. The Bertz CT molecular complexity index is 1180. The van der Waals surface area contributed by atoms with Crippen molar-refractivity contribution in [2.45, 2.75) is 49.9 Å². The Labute approximate surface area is 210 Å². The van der Waals surface area contributed by atoms with Crippen molar-refractivity contribution in [3.05, 3.63) is 75.0 Å². The van der Waals surface area contributed by atoms with E-state index in [1.54, 1.807) is 17.8 Å². The molecule has 4 nitrogen and oxygen atoms in total. The molecule has 1 unspecified atom stereocenters. The highest BCUT2D eigenvalue weighted by Crippen LogP contribution is 2.43. The number of hydrogen-bond acceptors (Lipinski definition) is 4. The van der Waals surface area contributed by atoms with Crippen LogP contribution in [-0.2, 0) is 11.0 Å². The van der Waals surface area contributed by atoms with Crippen LogP contribution in [0.15, 0.2) is 53.4 Å². The molecule has 0 aliphatic carbocycles. The molecule has 0 aliphatic rings. The first-order chi connectivity index (χ1) is 16.5. The lowest BCUT2D eigenvalue weighted by Crippen LogP contribution is -2.25. The Morgan fingerprint density at radius 1 is 1.06 bits per heavy atom. The zero-order chi connectivity index (χ0) is 25.8. The van der Waals surface area contributed by atoms with Crippen LogP contribution in [0.1, 0.15) is 56.3 Å². The van der Waals surface area contributed by atoms with E-state index in [1.165, 1.54) is 23.5 Å². The Morgan fingerprint density at radius 2 is 1.69 bits per heavy atom. The zero-order valence-electron chi connectivity index (χ0n) is 19.5. The molecule has 186 valence electrons. The summed E-state index contributed by atoms with van der Waals surface area (Å²) < 4.78 is 38.7. The highest BCUT2D eigenvalue weighted by Gasteiger charge is 2.30. The van der Waals surface area contributed by atoms with Gasteiger partial charge in [0.2, 0.25) is 0 Å². The van der Waals surface area contributed by atoms with Crippen molar-refractivity contribution >= 4 is 35.0 Å². The van der Waals surface area contributed by atoms with Gasteiger partial charge in [0.05, 0.1) is 16.9 Å². The third-order valence-corrected chi connectivity index (χ3v) is 8.18. The molecule has 35 heavy (non-hydrogen) atoms. The van der Waals surface area contributed by atoms with E-state index >= 15 is 0 Å². The Morgan fingerprint density at radius 3 is 2.23 bits per heavy atom. The number of alkyl halides is 3. The van der Waals surface area contributed by atoms with Crippen LogP contribution in [0.3, 0.4) is 0 Å². The maximum Gasteiger partial charge on any atom is 0.416 e. The molecule has 0 saturated heterocycles. The van der Waals surface area contributed by atoms with Crippen LogP contribution in [0.25, 0.3) is 11.1 Å². The fourth-order valence-corrected chi connectivity index (χ4v) is 6.26. The van der Waals surface area contributed by atoms with E-state index in [9.17, 15) is 22.8 Å². The maximum atomic E-state index is 12.9. The van der Waals surface area contributed by atoms with Crippen LogP contribution in [0, 0.1) is 13.8 Å². The van der Waals surface area contributed by atoms with Crippen molar-refractivity contribution < 1.29 is 27.9 Å². The summed E-state index contributed by atoms with van der Waals surface area (Å²) in [4.78, 5) is 25.5. The molecular formula is C26H26F3NO3S2. The second-order valence-electron chi connectivity index (χ2n) is 8.12. The smallest absolute Gasteiger partial charge is 0.416 e. The summed E-state index contributed by atoms with van der Waals surface area (Å²) >= 11 is 3.07. The number of carbonyl (C=O) groups excluding carboxylic acids is 1. The molecule has 0 fully saturated rings. The van der Waals surface area contributed by atoms with Gasteiger partial charge in [-0.1, -0.05) is 19.1 Å². The minimum absolute atomic E-state index is 0.0805. The maximum absolute atomic E-state index is 12.9. The topological polar surface area (TPSA) is 66.4 Å². The number of carboxylic acids is 1. The summed E-state index contributed by atoms with van der Waals surface area (Å²) in [6.07, 6.45) is -3.65. The van der Waals surface area contributed by atoms with E-state index in [1.807, 2.05) is 32.0 Å². The number of aryl methyl sites for hydroxylation is 2. The fourth-order valence-electron chi connectivity index (χ4n) is 3.80. The van der Waals surface area contributed by atoms with Gasteiger partial charge in [-0.25, -0.2) is 0 Å². The molecule has 9 heteroatoms. The van der Waals surface area contributed by atoms with Gasteiger partial charge in [-0.15, -0.1) is 23.1 Å². The molecule has 0 saturated carbocycles. The van der Waals surface area contributed by atoms with Gasteiger partial charge in [-0.2, -0.15) is 13.2 Å². The number of halogens is 3. The molecule has 1 atom stereocenters. The van der Waals surface area contributed by atoms with E-state index in [0.29, 0.717) is 4.88 Å². The van der Waals surface area contributed by atoms with E-state index in [4.69, 9.17) is 5.11 Å². The first-order valence-electron chi connectivity index (χ1n) is 11.0. The summed E-state index contributed by atoms with van der Waals surface area (Å²) in [6.45, 7) is 6.06. The normalized spacial score (nSPS) is 12.4. The second-order valence-corrected chi connectivity index (χ2v) is 10.5. The van der Waals surface area contributed by atoms with E-state index in [2.05, 4.69) is 12.2 Å². The fraction of sp³-hybridized carbons (Fsp3) is 0.308. The summed E-state index contributed by atoms with van der Waals surface area (Å²) in [5.74, 6) is -1.25. The van der Waals surface area contributed by atoms with Gasteiger partial charge in [0.1, 0.15) is 0 Å². The van der Waals surface area contributed by atoms with Gasteiger partial charge in [-0.3, -0.25) is 9.59 Å². The predicted octanol–water partition coefficient (Wildman–Crippen LogP) is 7.50. The van der Waals surface area contributed by atoms with Crippen molar-refractivity contribution in [2.75, 3.05) is 6.54 Å². The molecule has 0 spiro atoms. The third kappa shape index (κ3) is 6.89. The third-order valence-electron chi connectivity index (χ3n) is 5.45. The molecule has 3 aromatic rings. The van der Waals surface area contributed by atoms with Crippen molar-refractivity contribution in [3.63, 3.8) is 0 Å². The first kappa shape index (κ1) is 26.8. The van der Waals surface area contributed by atoms with Crippen molar-refractivity contribution in [2.24, 2.45) is 0 Å². The van der Waals surface area contributed by atoms with Crippen LogP contribution < -0.4 is 5.32 Å². The van der Waals surface area contributed by atoms with Crippen LogP contribution in [-0.4, -0.2) is 23.5 Å². The Hall–Kier alpha value is -2.78. The number of thioether (sulfide) groups is 1. The molecule has 0 radical (unpaired) electrons. The number of amides is 1. The second kappa shape index (κ2) is 11.3. The predicted molar refractivity (Wildman–Crippen MR) is 134 cm³/mol. The lowest BCUT2D eigenvalue weighted by atomic mass is 9.95. The van der Waals surface area contributed by atoms with Gasteiger partial charge in [0.25, 0.3) is 5.91 Å². The molecule has 2 aromatic carbocycles. The quantitative estimate of drug-likeness (QED) is 0.286. The average Bonchev–Trinajstić information content (AvgIpc) is 3.27. The highest BCUT2D eigenvalue weighted by atomic mass is 32.2. The number of hydrogen-bond donors (Lipinski definition) is 2. The monoisotopic (exact) mass is 521 g/mol. The average molecular weight is 522 g/mol. The lowest BCUT2D eigenvalue weighted by molar-refractivity contribution is -0.138. The number of carboxylic acid groups (broad SMARTS) is 1. The minimum Gasteiger partial charge on any atom is -0.481 e. The van der Waals surface area contributed by atoms with Gasteiger partial charge < -0.3 is 10.4 Å². The highest BCUT2D eigenvalue weighted by molar-refractivity contribution is 7.99. The summed E-state index contributed by atoms with van der Waals surface area (Å²) in [5.41, 5.74) is 2.96. The zero-order valence-corrected chi connectivity index (χ0v) is 21.2. The van der Waals surface area contributed by atoms with Crippen LogP contribution in [0.4, 0.5) is 13.2 Å². The molecule has 2 N–H and O–H groups in total. The molecular weight excluding hydrogens is 495 g/mol. The lowest BCUT2D eigenvalue weighted by Gasteiger charge is -2.17. The molecule has 0 aliphatic heterocycles. The first-order valence-corrected chi connectivity index (χ1v) is 12.7. The number of thiophene rings is 1. The molecule has 1 aromatic heterocycles. The van der Waals surface area contributed by atoms with Gasteiger partial charge in [0, 0.05) is 21.6 Å².